The zero-order valence-electron chi connectivity index (χ0n) is 18.2. The quantitative estimate of drug-likeness (QED) is 0.426. The van der Waals surface area contributed by atoms with Gasteiger partial charge in [-0.15, -0.1) is 0 Å². The third kappa shape index (κ3) is 7.03. The van der Waals surface area contributed by atoms with Crippen molar-refractivity contribution in [1.29, 1.82) is 0 Å². The Hall–Kier alpha value is -2.05. The third-order valence-electron chi connectivity index (χ3n) is 4.62. The number of aliphatic carboxylic acids is 1. The van der Waals surface area contributed by atoms with E-state index in [1.165, 1.54) is 0 Å². The minimum absolute atomic E-state index is 0.0107. The summed E-state index contributed by atoms with van der Waals surface area (Å²) in [5, 5.41) is 9.94. The lowest BCUT2D eigenvalue weighted by Crippen LogP contribution is -2.22. The van der Waals surface area contributed by atoms with Crippen LogP contribution in [0.2, 0.25) is 0 Å². The molecule has 5 nitrogen and oxygen atoms in total. The first-order valence-electron chi connectivity index (χ1n) is 10.2. The monoisotopic (exact) mass is 478 g/mol. The molecule has 0 aliphatic rings. The third-order valence-corrected chi connectivity index (χ3v) is 5.36. The first-order chi connectivity index (χ1) is 14.2. The molecule has 2 atom stereocenters. The van der Waals surface area contributed by atoms with Gasteiger partial charge in [-0.1, -0.05) is 46.3 Å². The molecule has 0 fully saturated rings. The molecule has 164 valence electrons. The molecule has 2 aromatic rings. The number of carbonyl (C=O) groups is 1. The molecule has 0 spiro atoms. The molecular weight excluding hydrogens is 448 g/mol. The Kier molecular flexibility index (Phi) is 9.18. The maximum Gasteiger partial charge on any atom is 0.306 e. The van der Waals surface area contributed by atoms with E-state index >= 15 is 0 Å². The van der Waals surface area contributed by atoms with Crippen LogP contribution in [-0.2, 0) is 16.0 Å². The number of rotatable bonds is 11. The van der Waals surface area contributed by atoms with Crippen molar-refractivity contribution in [3.8, 4) is 11.5 Å². The number of hydrogen-bond donors (Lipinski definition) is 1. The van der Waals surface area contributed by atoms with Gasteiger partial charge in [-0.2, -0.15) is 0 Å². The zero-order chi connectivity index (χ0) is 22.3. The van der Waals surface area contributed by atoms with Crippen LogP contribution in [0.4, 0.5) is 0 Å². The Morgan fingerprint density at radius 1 is 1.03 bits per heavy atom. The Balaban J connectivity index is 2.31. The molecule has 2 aromatic carbocycles. The SMILES string of the molecule is COc1cc(Br)c(CC(CC(OC(C)C)c2ccccc2)C(=O)O)cc1OC(C)C. The number of carboxylic acid groups (broad SMARTS) is 1. The van der Waals surface area contributed by atoms with E-state index in [9.17, 15) is 9.90 Å². The molecule has 0 radical (unpaired) electrons. The Morgan fingerprint density at radius 3 is 2.23 bits per heavy atom. The van der Waals surface area contributed by atoms with Crippen LogP contribution in [-0.4, -0.2) is 30.4 Å². The number of methoxy groups -OCH3 is 1. The fourth-order valence-corrected chi connectivity index (χ4v) is 3.79. The van der Waals surface area contributed by atoms with Crippen molar-refractivity contribution >= 4 is 21.9 Å². The standard InChI is InChI=1S/C24H31BrO5/c1-15(2)29-21(17-9-7-6-8-10-17)13-19(24(26)27)11-18-12-23(30-16(3)4)22(28-5)14-20(18)25/h6-10,12,14-16,19,21H,11,13H2,1-5H3,(H,26,27). The summed E-state index contributed by atoms with van der Waals surface area (Å²) in [4.78, 5) is 12.1. The summed E-state index contributed by atoms with van der Waals surface area (Å²) in [6.45, 7) is 7.80. The Morgan fingerprint density at radius 2 is 1.70 bits per heavy atom. The van der Waals surface area contributed by atoms with E-state index in [1.54, 1.807) is 7.11 Å². The summed E-state index contributed by atoms with van der Waals surface area (Å²) < 4.78 is 18.1. The van der Waals surface area contributed by atoms with E-state index in [1.807, 2.05) is 70.2 Å². The van der Waals surface area contributed by atoms with Crippen molar-refractivity contribution in [3.05, 3.63) is 58.1 Å². The summed E-state index contributed by atoms with van der Waals surface area (Å²) in [6, 6.07) is 13.5. The highest BCUT2D eigenvalue weighted by Crippen LogP contribution is 2.37. The lowest BCUT2D eigenvalue weighted by Gasteiger charge is -2.25. The van der Waals surface area contributed by atoms with Crippen LogP contribution in [0.5, 0.6) is 11.5 Å². The maximum absolute atomic E-state index is 12.1. The molecule has 0 heterocycles. The van der Waals surface area contributed by atoms with Crippen LogP contribution < -0.4 is 9.47 Å². The van der Waals surface area contributed by atoms with Gasteiger partial charge in [-0.3, -0.25) is 4.79 Å². The maximum atomic E-state index is 12.1. The zero-order valence-corrected chi connectivity index (χ0v) is 19.8. The average molecular weight is 479 g/mol. The van der Waals surface area contributed by atoms with Crippen molar-refractivity contribution in [2.45, 2.75) is 58.8 Å². The van der Waals surface area contributed by atoms with E-state index in [0.717, 1.165) is 15.6 Å². The van der Waals surface area contributed by atoms with Gasteiger partial charge in [-0.05, 0) is 63.8 Å². The van der Waals surface area contributed by atoms with Crippen LogP contribution in [0.25, 0.3) is 0 Å². The lowest BCUT2D eigenvalue weighted by atomic mass is 9.91. The van der Waals surface area contributed by atoms with E-state index in [2.05, 4.69) is 15.9 Å². The van der Waals surface area contributed by atoms with Crippen molar-refractivity contribution < 1.29 is 24.1 Å². The molecule has 0 aliphatic heterocycles. The fourth-order valence-electron chi connectivity index (χ4n) is 3.30. The van der Waals surface area contributed by atoms with Crippen LogP contribution in [0.15, 0.2) is 46.9 Å². The molecule has 0 aromatic heterocycles. The predicted molar refractivity (Wildman–Crippen MR) is 121 cm³/mol. The van der Waals surface area contributed by atoms with Gasteiger partial charge in [0.2, 0.25) is 0 Å². The smallest absolute Gasteiger partial charge is 0.306 e. The van der Waals surface area contributed by atoms with E-state index < -0.39 is 11.9 Å². The molecule has 0 saturated carbocycles. The van der Waals surface area contributed by atoms with Gasteiger partial charge in [0.25, 0.3) is 0 Å². The average Bonchev–Trinajstić information content (AvgIpc) is 2.68. The Labute approximate surface area is 187 Å². The highest BCUT2D eigenvalue weighted by atomic mass is 79.9. The highest BCUT2D eigenvalue weighted by molar-refractivity contribution is 9.10. The first kappa shape index (κ1) is 24.2. The molecule has 6 heteroatoms. The number of halogens is 1. The summed E-state index contributed by atoms with van der Waals surface area (Å²) in [6.07, 6.45) is 0.388. The second kappa shape index (κ2) is 11.4. The second-order valence-corrected chi connectivity index (χ2v) is 8.67. The molecule has 2 unspecified atom stereocenters. The first-order valence-corrected chi connectivity index (χ1v) is 11.0. The molecule has 0 bridgehead atoms. The molecule has 0 amide bonds. The summed E-state index contributed by atoms with van der Waals surface area (Å²) in [5.74, 6) is -0.257. The van der Waals surface area contributed by atoms with Gasteiger partial charge in [0, 0.05) is 4.47 Å². The van der Waals surface area contributed by atoms with Crippen molar-refractivity contribution in [1.82, 2.24) is 0 Å². The highest BCUT2D eigenvalue weighted by Gasteiger charge is 2.27. The van der Waals surface area contributed by atoms with Crippen LogP contribution >= 0.6 is 15.9 Å². The summed E-state index contributed by atoms with van der Waals surface area (Å²) in [7, 11) is 1.59. The van der Waals surface area contributed by atoms with Crippen molar-refractivity contribution in [2.75, 3.05) is 7.11 Å². The number of ether oxygens (including phenoxy) is 3. The molecule has 2 rings (SSSR count). The lowest BCUT2D eigenvalue weighted by molar-refractivity contribution is -0.143. The summed E-state index contributed by atoms with van der Waals surface area (Å²) >= 11 is 3.56. The molecule has 1 N–H and O–H groups in total. The number of hydrogen-bond acceptors (Lipinski definition) is 4. The van der Waals surface area contributed by atoms with E-state index in [4.69, 9.17) is 14.2 Å². The van der Waals surface area contributed by atoms with E-state index in [-0.39, 0.29) is 18.3 Å². The normalized spacial score (nSPS) is 13.3. The molecule has 0 aliphatic carbocycles. The predicted octanol–water partition coefficient (Wildman–Crippen LogP) is 6.04. The van der Waals surface area contributed by atoms with Gasteiger partial charge in [-0.25, -0.2) is 0 Å². The largest absolute Gasteiger partial charge is 0.493 e. The minimum Gasteiger partial charge on any atom is -0.493 e. The van der Waals surface area contributed by atoms with Crippen molar-refractivity contribution in [3.63, 3.8) is 0 Å². The van der Waals surface area contributed by atoms with Gasteiger partial charge in [0.15, 0.2) is 11.5 Å². The van der Waals surface area contributed by atoms with Crippen LogP contribution in [0.3, 0.4) is 0 Å². The van der Waals surface area contributed by atoms with E-state index in [0.29, 0.717) is 24.3 Å². The van der Waals surface area contributed by atoms with Gasteiger partial charge in [0.1, 0.15) is 0 Å². The topological polar surface area (TPSA) is 65.0 Å². The number of carboxylic acids is 1. The minimum atomic E-state index is -0.850. The number of benzene rings is 2. The molecule has 0 saturated heterocycles. The van der Waals surface area contributed by atoms with Crippen LogP contribution in [0, 0.1) is 5.92 Å². The van der Waals surface area contributed by atoms with Crippen LogP contribution in [0.1, 0.15) is 51.3 Å². The Bertz CT molecular complexity index is 820. The molecule has 30 heavy (non-hydrogen) atoms. The second-order valence-electron chi connectivity index (χ2n) is 7.82. The van der Waals surface area contributed by atoms with Gasteiger partial charge < -0.3 is 19.3 Å². The fraction of sp³-hybridized carbons (Fsp3) is 0.458. The molecular formula is C24H31BrO5. The van der Waals surface area contributed by atoms with Crippen molar-refractivity contribution in [2.24, 2.45) is 5.92 Å². The van der Waals surface area contributed by atoms with Gasteiger partial charge >= 0.3 is 5.97 Å². The van der Waals surface area contributed by atoms with Gasteiger partial charge in [0.05, 0.1) is 31.3 Å². The summed E-state index contributed by atoms with van der Waals surface area (Å²) in [5.41, 5.74) is 1.84.